The molecule has 0 aliphatic heterocycles. The van der Waals surface area contributed by atoms with E-state index in [1.165, 1.54) is 0 Å². The summed E-state index contributed by atoms with van der Waals surface area (Å²) in [7, 11) is 3.61. The van der Waals surface area contributed by atoms with Gasteiger partial charge in [-0.05, 0) is 38.6 Å². The first-order chi connectivity index (χ1) is 7.22. The Morgan fingerprint density at radius 2 is 2.00 bits per heavy atom. The van der Waals surface area contributed by atoms with Crippen molar-refractivity contribution >= 4 is 0 Å². The first-order valence-corrected chi connectivity index (χ1v) is 5.17. The summed E-state index contributed by atoms with van der Waals surface area (Å²) in [5.74, 6) is 1.84. The lowest BCUT2D eigenvalue weighted by molar-refractivity contribution is 0.335. The highest BCUT2D eigenvalue weighted by molar-refractivity contribution is 5.45. The fourth-order valence-electron chi connectivity index (χ4n) is 1.53. The summed E-state index contributed by atoms with van der Waals surface area (Å²) >= 11 is 0. The van der Waals surface area contributed by atoms with Gasteiger partial charge in [-0.2, -0.15) is 0 Å². The second-order valence-corrected chi connectivity index (χ2v) is 3.39. The van der Waals surface area contributed by atoms with Crippen molar-refractivity contribution < 1.29 is 9.47 Å². The van der Waals surface area contributed by atoms with Crippen LogP contribution in [0.2, 0.25) is 0 Å². The van der Waals surface area contributed by atoms with Gasteiger partial charge in [0.25, 0.3) is 0 Å². The lowest BCUT2D eigenvalue weighted by Crippen LogP contribution is -2.07. The van der Waals surface area contributed by atoms with Gasteiger partial charge >= 0.3 is 0 Å². The highest BCUT2D eigenvalue weighted by Gasteiger charge is 2.07. The summed E-state index contributed by atoms with van der Waals surface area (Å²) < 4.78 is 10.9. The van der Waals surface area contributed by atoms with E-state index in [2.05, 4.69) is 5.32 Å². The van der Waals surface area contributed by atoms with E-state index >= 15 is 0 Å². The SMILES string of the molecule is CCOc1cc(CNC)c(OC)cc1C. The van der Waals surface area contributed by atoms with Crippen LogP contribution >= 0.6 is 0 Å². The second-order valence-electron chi connectivity index (χ2n) is 3.39. The number of methoxy groups -OCH3 is 1. The minimum Gasteiger partial charge on any atom is -0.496 e. The lowest BCUT2D eigenvalue weighted by atomic mass is 10.1. The fourth-order valence-corrected chi connectivity index (χ4v) is 1.53. The van der Waals surface area contributed by atoms with Crippen molar-refractivity contribution in [1.29, 1.82) is 0 Å². The molecular weight excluding hydrogens is 190 g/mol. The van der Waals surface area contributed by atoms with E-state index in [-0.39, 0.29) is 0 Å². The molecule has 3 heteroatoms. The normalized spacial score (nSPS) is 10.1. The van der Waals surface area contributed by atoms with Crippen LogP contribution in [0.5, 0.6) is 11.5 Å². The summed E-state index contributed by atoms with van der Waals surface area (Å²) in [5, 5.41) is 3.11. The van der Waals surface area contributed by atoms with Crippen LogP contribution in [0.3, 0.4) is 0 Å². The van der Waals surface area contributed by atoms with E-state index in [1.807, 2.05) is 33.0 Å². The van der Waals surface area contributed by atoms with Gasteiger partial charge in [-0.1, -0.05) is 0 Å². The average molecular weight is 209 g/mol. The molecule has 3 nitrogen and oxygen atoms in total. The third-order valence-electron chi connectivity index (χ3n) is 2.25. The number of ether oxygens (including phenoxy) is 2. The number of benzene rings is 1. The minimum atomic E-state index is 0.687. The van der Waals surface area contributed by atoms with Crippen LogP contribution in [0.25, 0.3) is 0 Å². The van der Waals surface area contributed by atoms with Crippen LogP contribution in [-0.2, 0) is 6.54 Å². The Hall–Kier alpha value is -1.22. The van der Waals surface area contributed by atoms with Gasteiger partial charge in [-0.3, -0.25) is 0 Å². The van der Waals surface area contributed by atoms with E-state index in [9.17, 15) is 0 Å². The van der Waals surface area contributed by atoms with Crippen LogP contribution in [0.1, 0.15) is 18.1 Å². The molecule has 0 saturated carbocycles. The van der Waals surface area contributed by atoms with Gasteiger partial charge in [0.05, 0.1) is 13.7 Å². The summed E-state index contributed by atoms with van der Waals surface area (Å²) in [6.45, 7) is 5.48. The second kappa shape index (κ2) is 5.61. The zero-order chi connectivity index (χ0) is 11.3. The summed E-state index contributed by atoms with van der Waals surface area (Å²) in [6, 6.07) is 4.05. The molecule has 0 fully saturated rings. The van der Waals surface area contributed by atoms with Crippen molar-refractivity contribution in [2.45, 2.75) is 20.4 Å². The van der Waals surface area contributed by atoms with Crippen molar-refractivity contribution in [2.24, 2.45) is 0 Å². The molecule has 0 bridgehead atoms. The molecule has 0 unspecified atom stereocenters. The smallest absolute Gasteiger partial charge is 0.123 e. The molecule has 0 radical (unpaired) electrons. The van der Waals surface area contributed by atoms with Crippen LogP contribution < -0.4 is 14.8 Å². The molecule has 0 aromatic heterocycles. The Kier molecular flexibility index (Phi) is 4.43. The number of aryl methyl sites for hydroxylation is 1. The maximum Gasteiger partial charge on any atom is 0.123 e. The Labute approximate surface area is 91.4 Å². The standard InChI is InChI=1S/C12H19NO2/c1-5-15-11-7-10(8-13-3)12(14-4)6-9(11)2/h6-7,13H,5,8H2,1-4H3. The summed E-state index contributed by atoms with van der Waals surface area (Å²) in [5.41, 5.74) is 2.22. The van der Waals surface area contributed by atoms with Crippen molar-refractivity contribution in [3.8, 4) is 11.5 Å². The topological polar surface area (TPSA) is 30.5 Å². The van der Waals surface area contributed by atoms with Gasteiger partial charge in [0.15, 0.2) is 0 Å². The molecule has 0 aliphatic rings. The molecule has 84 valence electrons. The maximum atomic E-state index is 5.54. The molecule has 1 aromatic rings. The molecule has 1 rings (SSSR count). The molecule has 15 heavy (non-hydrogen) atoms. The third-order valence-corrected chi connectivity index (χ3v) is 2.25. The molecule has 0 spiro atoms. The number of rotatable bonds is 5. The Morgan fingerprint density at radius 3 is 2.53 bits per heavy atom. The van der Waals surface area contributed by atoms with Crippen molar-refractivity contribution in [3.05, 3.63) is 23.3 Å². The van der Waals surface area contributed by atoms with Crippen LogP contribution in [0.4, 0.5) is 0 Å². The molecular formula is C12H19NO2. The van der Waals surface area contributed by atoms with Gasteiger partial charge < -0.3 is 14.8 Å². The van der Waals surface area contributed by atoms with Crippen molar-refractivity contribution in [3.63, 3.8) is 0 Å². The summed E-state index contributed by atoms with van der Waals surface area (Å²) in [6.07, 6.45) is 0. The third kappa shape index (κ3) is 2.86. The fraction of sp³-hybridized carbons (Fsp3) is 0.500. The highest BCUT2D eigenvalue weighted by Crippen LogP contribution is 2.28. The minimum absolute atomic E-state index is 0.687. The predicted molar refractivity (Wildman–Crippen MR) is 61.7 cm³/mol. The summed E-state index contributed by atoms with van der Waals surface area (Å²) in [4.78, 5) is 0. The van der Waals surface area contributed by atoms with Crippen molar-refractivity contribution in [1.82, 2.24) is 5.32 Å². The van der Waals surface area contributed by atoms with E-state index in [1.54, 1.807) is 7.11 Å². The average Bonchev–Trinajstić information content (AvgIpc) is 2.23. The Balaban J connectivity index is 3.05. The number of hydrogen-bond donors (Lipinski definition) is 1. The molecule has 0 saturated heterocycles. The Morgan fingerprint density at radius 1 is 1.27 bits per heavy atom. The van der Waals surface area contributed by atoms with Gasteiger partial charge in [-0.25, -0.2) is 0 Å². The monoisotopic (exact) mass is 209 g/mol. The van der Waals surface area contributed by atoms with E-state index in [4.69, 9.17) is 9.47 Å². The van der Waals surface area contributed by atoms with Crippen LogP contribution in [-0.4, -0.2) is 20.8 Å². The molecule has 0 aliphatic carbocycles. The highest BCUT2D eigenvalue weighted by atomic mass is 16.5. The predicted octanol–water partition coefficient (Wildman–Crippen LogP) is 2.12. The van der Waals surface area contributed by atoms with E-state index < -0.39 is 0 Å². The van der Waals surface area contributed by atoms with Gasteiger partial charge in [0, 0.05) is 12.1 Å². The van der Waals surface area contributed by atoms with Gasteiger partial charge in [0.2, 0.25) is 0 Å². The molecule has 1 N–H and O–H groups in total. The number of nitrogens with one attached hydrogen (secondary N) is 1. The quantitative estimate of drug-likeness (QED) is 0.805. The first-order valence-electron chi connectivity index (χ1n) is 5.17. The van der Waals surface area contributed by atoms with E-state index in [0.717, 1.165) is 29.2 Å². The van der Waals surface area contributed by atoms with Gasteiger partial charge in [0.1, 0.15) is 11.5 Å². The van der Waals surface area contributed by atoms with E-state index in [0.29, 0.717) is 6.61 Å². The zero-order valence-corrected chi connectivity index (χ0v) is 9.89. The largest absolute Gasteiger partial charge is 0.496 e. The number of hydrogen-bond acceptors (Lipinski definition) is 3. The van der Waals surface area contributed by atoms with Crippen LogP contribution in [0.15, 0.2) is 12.1 Å². The molecule has 1 aromatic carbocycles. The Bertz CT molecular complexity index is 324. The maximum absolute atomic E-state index is 5.54. The first kappa shape index (κ1) is 11.9. The molecule has 0 amide bonds. The molecule has 0 atom stereocenters. The van der Waals surface area contributed by atoms with Crippen molar-refractivity contribution in [2.75, 3.05) is 20.8 Å². The zero-order valence-electron chi connectivity index (χ0n) is 9.89. The molecule has 0 heterocycles. The van der Waals surface area contributed by atoms with Crippen LogP contribution in [0, 0.1) is 6.92 Å². The van der Waals surface area contributed by atoms with Gasteiger partial charge in [-0.15, -0.1) is 0 Å². The lowest BCUT2D eigenvalue weighted by Gasteiger charge is -2.13.